The second-order valence-electron chi connectivity index (χ2n) is 4.68. The standard InChI is InChI=1S/C13H16FNO3S.W.5Y/c1-19(16,17)18-9-11-8-15-7-6-13(11)10-2-4-12(14)5-3-10;;;;;;/h2-5,9,11,13H,6-8H2,1H3;;;;;;/q-2;;;;;;/t11-,13-;;;;;;/m0....../s1. The normalized spacial score (nSPS) is 18.5. The molecule has 127 valence electrons. The zero-order chi connectivity index (χ0) is 13.9. The van der Waals surface area contributed by atoms with Crippen LogP contribution in [0.3, 0.4) is 0 Å². The van der Waals surface area contributed by atoms with Crippen molar-refractivity contribution in [1.29, 1.82) is 0 Å². The maximum atomic E-state index is 12.9. The van der Waals surface area contributed by atoms with Gasteiger partial charge < -0.3 is 9.50 Å². The van der Waals surface area contributed by atoms with E-state index in [2.05, 4.69) is 5.32 Å². The number of piperidine rings is 1. The molecule has 0 unspecified atom stereocenters. The van der Waals surface area contributed by atoms with E-state index in [0.29, 0.717) is 6.54 Å². The molecule has 1 aromatic rings. The van der Waals surface area contributed by atoms with Crippen molar-refractivity contribution in [2.45, 2.75) is 12.3 Å². The molecule has 1 aliphatic rings. The fourth-order valence-electron chi connectivity index (χ4n) is 2.25. The molecule has 1 aliphatic heterocycles. The van der Waals surface area contributed by atoms with Gasteiger partial charge in [-0.2, -0.15) is 19.1 Å². The molecule has 1 aromatic carbocycles. The molecule has 2 atom stereocenters. The summed E-state index contributed by atoms with van der Waals surface area (Å²) in [6.07, 6.45) is 1.82. The summed E-state index contributed by atoms with van der Waals surface area (Å²) in [4.78, 5) is 0. The Bertz CT molecular complexity index is 539. The van der Waals surface area contributed by atoms with Crippen molar-refractivity contribution in [3.63, 3.8) is 0 Å². The molecule has 12 heteroatoms. The van der Waals surface area contributed by atoms with Gasteiger partial charge in [0.05, 0.1) is 6.26 Å². The Morgan fingerprint density at radius 1 is 1.12 bits per heavy atom. The van der Waals surface area contributed by atoms with Crippen LogP contribution in [-0.2, 0) is 199 Å². The Morgan fingerprint density at radius 2 is 1.64 bits per heavy atom. The van der Waals surface area contributed by atoms with Crippen molar-refractivity contribution in [1.82, 2.24) is 0 Å². The van der Waals surface area contributed by atoms with Gasteiger partial charge in [0, 0.05) is 185 Å². The monoisotopic (exact) mass is 914 g/mol. The molecule has 0 N–H and O–H groups in total. The van der Waals surface area contributed by atoms with Gasteiger partial charge in [-0.15, -0.1) is 6.54 Å². The Labute approximate surface area is 290 Å². The molecule has 1 fully saturated rings. The summed E-state index contributed by atoms with van der Waals surface area (Å²) < 4.78 is 39.7. The number of halogens is 1. The summed E-state index contributed by atoms with van der Waals surface area (Å²) in [7, 11) is -3.49. The molecule has 0 amide bonds. The first kappa shape index (κ1) is 40.6. The predicted molar refractivity (Wildman–Crippen MR) is 70.6 cm³/mol. The third kappa shape index (κ3) is 16.5. The van der Waals surface area contributed by atoms with Gasteiger partial charge in [0.1, 0.15) is 5.82 Å². The van der Waals surface area contributed by atoms with Gasteiger partial charge in [-0.1, -0.05) is 18.6 Å². The van der Waals surface area contributed by atoms with E-state index in [1.165, 1.54) is 18.7 Å². The molecule has 1 saturated heterocycles. The van der Waals surface area contributed by atoms with Crippen molar-refractivity contribution in [2.75, 3.05) is 19.3 Å². The number of nitrogens with zero attached hydrogens (tertiary/aromatic N) is 1. The smallest absolute Gasteiger partial charge is 0.235 e. The van der Waals surface area contributed by atoms with Crippen LogP contribution >= 0.6 is 0 Å². The average Bonchev–Trinajstić information content (AvgIpc) is 2.37. The van der Waals surface area contributed by atoms with Crippen LogP contribution in [0.25, 0.3) is 5.32 Å². The molecule has 25 heavy (non-hydrogen) atoms. The summed E-state index contributed by atoms with van der Waals surface area (Å²) in [5.41, 5.74) is 0.981. The van der Waals surface area contributed by atoms with Crippen LogP contribution < -0.4 is 0 Å². The van der Waals surface area contributed by atoms with E-state index in [1.807, 2.05) is 0 Å². The van der Waals surface area contributed by atoms with Gasteiger partial charge in [-0.25, -0.2) is 12.8 Å². The maximum absolute atomic E-state index is 12.9. The van der Waals surface area contributed by atoms with Crippen molar-refractivity contribution in [3.8, 4) is 0 Å². The van der Waals surface area contributed by atoms with E-state index in [0.717, 1.165) is 24.8 Å². The molecule has 2 rings (SSSR count). The minimum absolute atomic E-state index is 0. The van der Waals surface area contributed by atoms with E-state index >= 15 is 0 Å². The number of hydrogen-bond acceptors (Lipinski definition) is 3. The van der Waals surface area contributed by atoms with Crippen LogP contribution in [0.1, 0.15) is 17.9 Å². The van der Waals surface area contributed by atoms with Crippen LogP contribution in [0.5, 0.6) is 0 Å². The van der Waals surface area contributed by atoms with Gasteiger partial charge in [0.2, 0.25) is 10.1 Å². The van der Waals surface area contributed by atoms with Crippen LogP contribution in [0.15, 0.2) is 24.3 Å². The van der Waals surface area contributed by atoms with E-state index in [-0.39, 0.29) is 202 Å². The minimum Gasteiger partial charge on any atom is -0.664 e. The van der Waals surface area contributed by atoms with Crippen LogP contribution in [0, 0.1) is 18.3 Å². The molecule has 0 aromatic heterocycles. The molecular formula is C13H16FNO3SWY5-2. The van der Waals surface area contributed by atoms with Crippen molar-refractivity contribution < 1.29 is 202 Å². The zero-order valence-electron chi connectivity index (χ0n) is 13.9. The van der Waals surface area contributed by atoms with E-state index in [4.69, 9.17) is 4.18 Å². The van der Waals surface area contributed by atoms with E-state index in [9.17, 15) is 12.8 Å². The zero-order valence-corrected chi connectivity index (χ0v) is 31.9. The predicted octanol–water partition coefficient (Wildman–Crippen LogP) is 2.43. The first-order chi connectivity index (χ1) is 8.96. The summed E-state index contributed by atoms with van der Waals surface area (Å²) >= 11 is 0. The van der Waals surface area contributed by atoms with Gasteiger partial charge in [-0.05, 0) is 23.6 Å². The van der Waals surface area contributed by atoms with Gasteiger partial charge in [0.25, 0.3) is 0 Å². The summed E-state index contributed by atoms with van der Waals surface area (Å²) in [6, 6.07) is 6.28. The maximum Gasteiger partial charge on any atom is 0.235 e. The van der Waals surface area contributed by atoms with E-state index in [1.54, 1.807) is 12.1 Å². The Balaban J connectivity index is -0.000000222. The molecule has 5 radical (unpaired) electrons. The number of rotatable bonds is 4. The third-order valence-electron chi connectivity index (χ3n) is 3.16. The Morgan fingerprint density at radius 3 is 2.12 bits per heavy atom. The number of hydrogen-bond donors (Lipinski definition) is 0. The summed E-state index contributed by atoms with van der Waals surface area (Å²) in [6.45, 7) is 2.59. The van der Waals surface area contributed by atoms with Crippen molar-refractivity contribution in [2.24, 2.45) is 5.92 Å². The molecular weight excluding hydrogens is 898 g/mol. The fourth-order valence-corrected chi connectivity index (χ4v) is 2.59. The van der Waals surface area contributed by atoms with Gasteiger partial charge in [-0.3, -0.25) is 0 Å². The van der Waals surface area contributed by atoms with E-state index < -0.39 is 10.1 Å². The topological polar surface area (TPSA) is 57.5 Å². The summed E-state index contributed by atoms with van der Waals surface area (Å²) in [5.74, 6) is -0.272. The Hall–Kier alpha value is 5.23. The second kappa shape index (κ2) is 21.1. The minimum atomic E-state index is -3.49. The first-order valence-corrected chi connectivity index (χ1v) is 7.88. The van der Waals surface area contributed by atoms with Crippen LogP contribution in [-0.4, -0.2) is 27.8 Å². The van der Waals surface area contributed by atoms with Gasteiger partial charge in [0.15, 0.2) is 0 Å². The SMILES string of the molecule is CS(=O)(=O)O[CH-][C@@H]1C[N-]CC[C@H]1c1ccc(F)cc1.[W].[Y].[Y].[Y].[Y].[Y]. The molecule has 0 aliphatic carbocycles. The quantitative estimate of drug-likeness (QED) is 0.345. The molecule has 0 spiro atoms. The average molecular weight is 914 g/mol. The van der Waals surface area contributed by atoms with Crippen molar-refractivity contribution >= 4 is 10.1 Å². The molecule has 0 bridgehead atoms. The first-order valence-electron chi connectivity index (χ1n) is 6.06. The fraction of sp³-hybridized carbons (Fsp3) is 0.462. The van der Waals surface area contributed by atoms with Crippen LogP contribution in [0.2, 0.25) is 0 Å². The van der Waals surface area contributed by atoms with Gasteiger partial charge >= 0.3 is 0 Å². The summed E-state index contributed by atoms with van der Waals surface area (Å²) in [5, 5.41) is 4.27. The van der Waals surface area contributed by atoms with Crippen molar-refractivity contribution in [3.05, 3.63) is 47.6 Å². The largest absolute Gasteiger partial charge is 0.664 e. The Kier molecular flexibility index (Phi) is 34.2. The number of benzene rings is 1. The van der Waals surface area contributed by atoms with Crippen LogP contribution in [0.4, 0.5) is 4.39 Å². The third-order valence-corrected chi connectivity index (χ3v) is 3.62. The molecule has 1 heterocycles. The molecule has 0 saturated carbocycles. The second-order valence-corrected chi connectivity index (χ2v) is 6.28. The molecule has 4 nitrogen and oxygen atoms in total.